The highest BCUT2D eigenvalue weighted by molar-refractivity contribution is 7.89. The lowest BCUT2D eigenvalue weighted by Gasteiger charge is -2.15. The first-order chi connectivity index (χ1) is 9.44. The summed E-state index contributed by atoms with van der Waals surface area (Å²) in [6.07, 6.45) is 0.634. The lowest BCUT2D eigenvalue weighted by molar-refractivity contribution is -0.384. The van der Waals surface area contributed by atoms with E-state index in [1.54, 1.807) is 12.1 Å². The number of hydrogen-bond acceptors (Lipinski definition) is 5. The molecule has 1 aromatic rings. The lowest BCUT2D eigenvalue weighted by Crippen LogP contribution is -2.25. The van der Waals surface area contributed by atoms with Gasteiger partial charge in [-0.05, 0) is 25.0 Å². The van der Waals surface area contributed by atoms with Crippen LogP contribution in [0, 0.1) is 10.1 Å². The van der Waals surface area contributed by atoms with Gasteiger partial charge < -0.3 is 5.32 Å². The molecule has 0 unspecified atom stereocenters. The number of nitro benzene ring substituents is 1. The molecule has 0 atom stereocenters. The van der Waals surface area contributed by atoms with E-state index in [1.807, 2.05) is 6.92 Å². The molecule has 0 saturated carbocycles. The van der Waals surface area contributed by atoms with Crippen molar-refractivity contribution < 1.29 is 13.3 Å². The monoisotopic (exact) mass is 299 g/mol. The fourth-order valence-corrected chi connectivity index (χ4v) is 3.75. The zero-order valence-corrected chi connectivity index (χ0v) is 12.0. The zero-order valence-electron chi connectivity index (χ0n) is 11.2. The Balaban J connectivity index is 2.25. The number of hydrogen-bond donors (Lipinski definition) is 1. The first kappa shape index (κ1) is 14.7. The molecular formula is C12H17N3O4S. The predicted octanol–water partition coefficient (Wildman–Crippen LogP) is 1.56. The van der Waals surface area contributed by atoms with Crippen molar-refractivity contribution >= 4 is 21.4 Å². The van der Waals surface area contributed by atoms with Crippen LogP contribution in [-0.2, 0) is 16.6 Å². The van der Waals surface area contributed by atoms with E-state index < -0.39 is 14.9 Å². The molecular weight excluding hydrogens is 282 g/mol. The number of sulfonamides is 1. The molecule has 0 radical (unpaired) electrons. The smallest absolute Gasteiger partial charge is 0.292 e. The summed E-state index contributed by atoms with van der Waals surface area (Å²) >= 11 is 0. The van der Waals surface area contributed by atoms with Crippen LogP contribution in [0.15, 0.2) is 18.2 Å². The molecule has 0 amide bonds. The minimum atomic E-state index is -3.16. The van der Waals surface area contributed by atoms with Crippen molar-refractivity contribution in [2.45, 2.75) is 19.9 Å². The highest BCUT2D eigenvalue weighted by atomic mass is 32.2. The molecule has 110 valence electrons. The molecule has 20 heavy (non-hydrogen) atoms. The van der Waals surface area contributed by atoms with E-state index in [0.717, 1.165) is 5.56 Å². The molecule has 7 nitrogen and oxygen atoms in total. The van der Waals surface area contributed by atoms with Crippen molar-refractivity contribution in [3.05, 3.63) is 33.9 Å². The third kappa shape index (κ3) is 3.07. The molecule has 1 fully saturated rings. The van der Waals surface area contributed by atoms with Gasteiger partial charge in [0.25, 0.3) is 5.69 Å². The Morgan fingerprint density at radius 1 is 1.45 bits per heavy atom. The van der Waals surface area contributed by atoms with Crippen LogP contribution >= 0.6 is 0 Å². The van der Waals surface area contributed by atoms with Crippen LogP contribution in [-0.4, -0.2) is 36.5 Å². The fraction of sp³-hybridized carbons (Fsp3) is 0.500. The molecule has 0 bridgehead atoms. The van der Waals surface area contributed by atoms with Crippen LogP contribution < -0.4 is 5.32 Å². The van der Waals surface area contributed by atoms with Gasteiger partial charge in [0.05, 0.1) is 10.7 Å². The summed E-state index contributed by atoms with van der Waals surface area (Å²) < 4.78 is 24.9. The maximum Gasteiger partial charge on any atom is 0.292 e. The molecule has 1 N–H and O–H groups in total. The Kier molecular flexibility index (Phi) is 4.24. The Morgan fingerprint density at radius 2 is 2.20 bits per heavy atom. The molecule has 1 aliphatic heterocycles. The van der Waals surface area contributed by atoms with Gasteiger partial charge in [-0.1, -0.05) is 6.07 Å². The largest absolute Gasteiger partial charge is 0.380 e. The van der Waals surface area contributed by atoms with E-state index in [-0.39, 0.29) is 18.0 Å². The zero-order chi connectivity index (χ0) is 14.8. The van der Waals surface area contributed by atoms with Gasteiger partial charge in [0, 0.05) is 25.7 Å². The van der Waals surface area contributed by atoms with Crippen LogP contribution in [0.4, 0.5) is 11.4 Å². The third-order valence-corrected chi connectivity index (χ3v) is 5.09. The molecule has 1 aliphatic rings. The maximum atomic E-state index is 11.8. The molecule has 0 aromatic heterocycles. The van der Waals surface area contributed by atoms with Gasteiger partial charge in [0.1, 0.15) is 5.69 Å². The van der Waals surface area contributed by atoms with Crippen LogP contribution in [0.2, 0.25) is 0 Å². The Bertz CT molecular complexity index is 615. The first-order valence-corrected chi connectivity index (χ1v) is 8.04. The van der Waals surface area contributed by atoms with Gasteiger partial charge in [-0.15, -0.1) is 0 Å². The summed E-state index contributed by atoms with van der Waals surface area (Å²) in [6, 6.07) is 4.66. The van der Waals surface area contributed by atoms with E-state index in [0.29, 0.717) is 25.2 Å². The SMILES string of the molecule is CCNc1cc(CN2CCCS2(=O)=O)ccc1[N+](=O)[O-]. The minimum absolute atomic E-state index is 0.000112. The van der Waals surface area contributed by atoms with Crippen molar-refractivity contribution in [2.75, 3.05) is 24.2 Å². The predicted molar refractivity (Wildman–Crippen MR) is 76.1 cm³/mol. The second-order valence-electron chi connectivity index (χ2n) is 4.64. The van der Waals surface area contributed by atoms with Crippen molar-refractivity contribution in [3.8, 4) is 0 Å². The summed E-state index contributed by atoms with van der Waals surface area (Å²) in [6.45, 7) is 3.18. The van der Waals surface area contributed by atoms with Gasteiger partial charge in [-0.2, -0.15) is 4.31 Å². The topological polar surface area (TPSA) is 92.6 Å². The standard InChI is InChI=1S/C12H17N3O4S/c1-2-13-11-8-10(4-5-12(11)15(16)17)9-14-6-3-7-20(14,18)19/h4-5,8,13H,2-3,6-7,9H2,1H3. The van der Waals surface area contributed by atoms with Crippen molar-refractivity contribution in [2.24, 2.45) is 0 Å². The number of nitrogens with one attached hydrogen (secondary N) is 1. The number of anilines is 1. The van der Waals surface area contributed by atoms with E-state index >= 15 is 0 Å². The van der Waals surface area contributed by atoms with Gasteiger partial charge in [0.2, 0.25) is 10.0 Å². The molecule has 2 rings (SSSR count). The average molecular weight is 299 g/mol. The number of nitrogens with zero attached hydrogens (tertiary/aromatic N) is 2. The van der Waals surface area contributed by atoms with E-state index in [4.69, 9.17) is 0 Å². The highest BCUT2D eigenvalue weighted by Crippen LogP contribution is 2.27. The van der Waals surface area contributed by atoms with Crippen LogP contribution in [0.1, 0.15) is 18.9 Å². The van der Waals surface area contributed by atoms with E-state index in [1.165, 1.54) is 10.4 Å². The van der Waals surface area contributed by atoms with Gasteiger partial charge in [-0.25, -0.2) is 8.42 Å². The van der Waals surface area contributed by atoms with Gasteiger partial charge in [-0.3, -0.25) is 10.1 Å². The van der Waals surface area contributed by atoms with Gasteiger partial charge >= 0.3 is 0 Å². The lowest BCUT2D eigenvalue weighted by atomic mass is 10.1. The molecule has 1 heterocycles. The van der Waals surface area contributed by atoms with Crippen molar-refractivity contribution in [1.82, 2.24) is 4.31 Å². The summed E-state index contributed by atoms with van der Waals surface area (Å²) in [5.41, 5.74) is 1.17. The van der Waals surface area contributed by atoms with Crippen molar-refractivity contribution in [1.29, 1.82) is 0 Å². The third-order valence-electron chi connectivity index (χ3n) is 3.19. The maximum absolute atomic E-state index is 11.8. The van der Waals surface area contributed by atoms with E-state index in [2.05, 4.69) is 5.32 Å². The number of nitro groups is 1. The fourth-order valence-electron chi connectivity index (χ4n) is 2.25. The second kappa shape index (κ2) is 5.76. The number of rotatable bonds is 5. The van der Waals surface area contributed by atoms with Crippen LogP contribution in [0.25, 0.3) is 0 Å². The van der Waals surface area contributed by atoms with Crippen molar-refractivity contribution in [3.63, 3.8) is 0 Å². The minimum Gasteiger partial charge on any atom is -0.380 e. The Morgan fingerprint density at radius 3 is 2.75 bits per heavy atom. The molecule has 0 spiro atoms. The Hall–Kier alpha value is -1.67. The van der Waals surface area contributed by atoms with Gasteiger partial charge in [0.15, 0.2) is 0 Å². The first-order valence-electron chi connectivity index (χ1n) is 6.43. The quantitative estimate of drug-likeness (QED) is 0.658. The molecule has 1 saturated heterocycles. The molecule has 0 aliphatic carbocycles. The normalized spacial score (nSPS) is 18.1. The van der Waals surface area contributed by atoms with Crippen LogP contribution in [0.5, 0.6) is 0 Å². The molecule has 1 aromatic carbocycles. The summed E-state index contributed by atoms with van der Waals surface area (Å²) in [7, 11) is -3.16. The summed E-state index contributed by atoms with van der Waals surface area (Å²) in [5.74, 6) is 0.181. The average Bonchev–Trinajstić information content (AvgIpc) is 2.69. The Labute approximate surface area is 117 Å². The molecule has 8 heteroatoms. The second-order valence-corrected chi connectivity index (χ2v) is 6.73. The summed E-state index contributed by atoms with van der Waals surface area (Å²) in [5, 5.41) is 13.8. The summed E-state index contributed by atoms with van der Waals surface area (Å²) in [4.78, 5) is 10.5. The van der Waals surface area contributed by atoms with E-state index in [9.17, 15) is 18.5 Å². The van der Waals surface area contributed by atoms with Crippen LogP contribution in [0.3, 0.4) is 0 Å². The highest BCUT2D eigenvalue weighted by Gasteiger charge is 2.28. The number of benzene rings is 1.